The number of hydrogen-bond donors (Lipinski definition) is 3. The number of nitrogens with zero attached hydrogens (tertiary/aromatic N) is 4. The zero-order valence-corrected chi connectivity index (χ0v) is 38.1. The predicted octanol–water partition coefficient (Wildman–Crippen LogP) is 6.40. The summed E-state index contributed by atoms with van der Waals surface area (Å²) in [6.45, 7) is 11.5. The van der Waals surface area contributed by atoms with Gasteiger partial charge in [-0.25, -0.2) is 18.2 Å². The Hall–Kier alpha value is -4.81. The molecule has 1 aromatic carbocycles. The Kier molecular flexibility index (Phi) is 13.3. The molecule has 2 aromatic rings. The average Bonchev–Trinajstić information content (AvgIpc) is 4.10. The number of methoxy groups -OCH3 is 1. The van der Waals surface area contributed by atoms with E-state index in [0.29, 0.717) is 63.8 Å². The van der Waals surface area contributed by atoms with Crippen LogP contribution < -0.4 is 24.4 Å². The van der Waals surface area contributed by atoms with E-state index in [9.17, 15) is 41.1 Å². The van der Waals surface area contributed by atoms with E-state index in [-0.39, 0.29) is 48.9 Å². The van der Waals surface area contributed by atoms with Crippen molar-refractivity contribution in [3.05, 3.63) is 36.5 Å². The molecule has 7 atom stereocenters. The van der Waals surface area contributed by atoms with Gasteiger partial charge in [-0.3, -0.25) is 24.0 Å². The lowest BCUT2D eigenvalue weighted by molar-refractivity contribution is -0.222. The van der Waals surface area contributed by atoms with Crippen LogP contribution in [0.15, 0.2) is 36.5 Å². The van der Waals surface area contributed by atoms with E-state index in [1.165, 1.54) is 14.0 Å². The summed E-state index contributed by atoms with van der Waals surface area (Å²) >= 11 is 0. The number of rotatable bonds is 12. The van der Waals surface area contributed by atoms with Crippen molar-refractivity contribution in [3.63, 3.8) is 0 Å². The summed E-state index contributed by atoms with van der Waals surface area (Å²) in [6.07, 6.45) is -1.01. The molecule has 0 bridgehead atoms. The molecule has 1 saturated heterocycles. The number of aromatic nitrogens is 1. The van der Waals surface area contributed by atoms with Crippen LogP contribution >= 0.6 is 0 Å². The van der Waals surface area contributed by atoms with Crippen LogP contribution in [0.2, 0.25) is 0 Å². The van der Waals surface area contributed by atoms with Crippen molar-refractivity contribution in [1.29, 1.82) is 0 Å². The lowest BCUT2D eigenvalue weighted by Gasteiger charge is -2.46. The van der Waals surface area contributed by atoms with Crippen LogP contribution in [0.5, 0.6) is 11.6 Å². The third-order valence-electron chi connectivity index (χ3n) is 13.8. The molecule has 4 amide bonds. The molecule has 3 fully saturated rings. The monoisotopic (exact) mass is 906 g/mol. The smallest absolute Gasteiger partial charge is 0.411 e. The molecule has 3 N–H and O–H groups in total. The molecule has 4 aliphatic rings. The standard InChI is InChI=1S/C44H61F3N6O9S/c1-9-27-20-26(4)14-12-13-15-28-23-43(28,39(56)50-63(59,60)42(7)18-19-42)49-36(54)33-22-30(25-52(33)38(55)35(27)53(40(57)58)41(5,6)44(45,46)47)62-37-31-17-16-29(61-8)21-32(31)34(24-48-37)51(10-2)11-3/h13,15-17,21,24,26-28,30,33,35H,9-12,14,18-20,22-23,25H2,1-8H3,(H,49,54)(H,50,56)(H,57,58)/b15-13-/t26-,27-,28-,30-,33+,35+,43-/m1/s1. The first-order valence-corrected chi connectivity index (χ1v) is 23.3. The van der Waals surface area contributed by atoms with Gasteiger partial charge in [0.15, 0.2) is 0 Å². The number of amides is 4. The molecule has 0 radical (unpaired) electrons. The summed E-state index contributed by atoms with van der Waals surface area (Å²) in [5.41, 5.74) is -3.97. The fourth-order valence-corrected chi connectivity index (χ4v) is 10.5. The summed E-state index contributed by atoms with van der Waals surface area (Å²) in [6, 6.07) is 1.95. The highest BCUT2D eigenvalue weighted by Gasteiger charge is 2.64. The van der Waals surface area contributed by atoms with E-state index in [0.717, 1.165) is 16.0 Å². The van der Waals surface area contributed by atoms with Gasteiger partial charge in [0.1, 0.15) is 35.0 Å². The van der Waals surface area contributed by atoms with Crippen LogP contribution in [0.4, 0.5) is 23.7 Å². The number of nitrogens with one attached hydrogen (secondary N) is 2. The summed E-state index contributed by atoms with van der Waals surface area (Å²) < 4.78 is 84.4. The minimum absolute atomic E-state index is 0.0504. The number of carbonyl (C=O) groups is 4. The number of ether oxygens (including phenoxy) is 2. The lowest BCUT2D eigenvalue weighted by Crippen LogP contribution is -2.66. The number of pyridine rings is 1. The topological polar surface area (TPSA) is 188 Å². The number of allylic oxidation sites excluding steroid dienone is 1. The molecule has 0 unspecified atom stereocenters. The zero-order chi connectivity index (χ0) is 46.4. The average molecular weight is 907 g/mol. The largest absolute Gasteiger partial charge is 0.497 e. The Balaban J connectivity index is 1.46. The summed E-state index contributed by atoms with van der Waals surface area (Å²) in [7, 11) is -2.59. The molecule has 2 aliphatic carbocycles. The van der Waals surface area contributed by atoms with E-state index in [1.54, 1.807) is 31.3 Å². The Morgan fingerprint density at radius 1 is 1.10 bits per heavy atom. The molecule has 348 valence electrons. The molecule has 0 spiro atoms. The quantitative estimate of drug-likeness (QED) is 0.200. The van der Waals surface area contributed by atoms with Gasteiger partial charge in [0, 0.05) is 36.2 Å². The number of halogens is 3. The van der Waals surface area contributed by atoms with Crippen LogP contribution in [-0.2, 0) is 24.4 Å². The second-order valence-corrected chi connectivity index (χ2v) is 20.5. The Morgan fingerprint density at radius 3 is 2.37 bits per heavy atom. The van der Waals surface area contributed by atoms with Gasteiger partial charge in [-0.1, -0.05) is 32.4 Å². The second-order valence-electron chi connectivity index (χ2n) is 18.3. The van der Waals surface area contributed by atoms with Crippen LogP contribution in [0.1, 0.15) is 99.8 Å². The first-order chi connectivity index (χ1) is 29.5. The van der Waals surface area contributed by atoms with Crippen molar-refractivity contribution >= 4 is 50.3 Å². The van der Waals surface area contributed by atoms with Gasteiger partial charge >= 0.3 is 12.3 Å². The first kappa shape index (κ1) is 47.7. The summed E-state index contributed by atoms with van der Waals surface area (Å²) in [5, 5.41) is 14.7. The molecule has 15 nitrogen and oxygen atoms in total. The maximum Gasteiger partial charge on any atom is 0.411 e. The Bertz CT molecular complexity index is 2230. The van der Waals surface area contributed by atoms with Crippen molar-refractivity contribution in [2.45, 2.75) is 140 Å². The van der Waals surface area contributed by atoms with Crippen molar-refractivity contribution in [1.82, 2.24) is 24.8 Å². The number of alkyl halides is 3. The maximum absolute atomic E-state index is 15.3. The van der Waals surface area contributed by atoms with Crippen molar-refractivity contribution in [2.75, 3.05) is 31.6 Å². The lowest BCUT2D eigenvalue weighted by atomic mass is 9.82. The van der Waals surface area contributed by atoms with E-state index in [1.807, 2.05) is 32.9 Å². The van der Waals surface area contributed by atoms with Gasteiger partial charge in [-0.2, -0.15) is 13.2 Å². The van der Waals surface area contributed by atoms with Crippen LogP contribution in [-0.4, -0.2) is 119 Å². The number of carboxylic acid groups (broad SMARTS) is 1. The molecular weight excluding hydrogens is 846 g/mol. The molecule has 19 heteroatoms. The highest BCUT2D eigenvalue weighted by atomic mass is 32.2. The molecule has 2 saturated carbocycles. The second kappa shape index (κ2) is 17.6. The van der Waals surface area contributed by atoms with Crippen LogP contribution in [0.3, 0.4) is 0 Å². The third kappa shape index (κ3) is 9.12. The van der Waals surface area contributed by atoms with Gasteiger partial charge < -0.3 is 29.7 Å². The first-order valence-electron chi connectivity index (χ1n) is 21.8. The van der Waals surface area contributed by atoms with E-state index < -0.39 is 85.9 Å². The molecular formula is C44H61F3N6O9S. The van der Waals surface area contributed by atoms with Gasteiger partial charge in [-0.15, -0.1) is 0 Å². The zero-order valence-electron chi connectivity index (χ0n) is 37.3. The highest BCUT2D eigenvalue weighted by molar-refractivity contribution is 7.91. The number of sulfonamides is 1. The SMILES string of the molecule is CC[C@@H]1C[C@H](C)CC/C=C\[C@@H]2C[C@@]2(C(=O)NS(=O)(=O)C2(C)CC2)NC(=O)[C@@H]2C[C@@H](Oc3ncc(N(CC)CC)c4cc(OC)ccc34)CN2C(=O)[C@H]1N(C(=O)O)C(C)(C)C(F)(F)F. The predicted molar refractivity (Wildman–Crippen MR) is 230 cm³/mol. The van der Waals surface area contributed by atoms with Crippen LogP contribution in [0.25, 0.3) is 10.8 Å². The van der Waals surface area contributed by atoms with Gasteiger partial charge in [-0.05, 0) is 103 Å². The summed E-state index contributed by atoms with van der Waals surface area (Å²) in [4.78, 5) is 65.3. The number of hydrogen-bond acceptors (Lipinski definition) is 10. The Labute approximate surface area is 367 Å². The number of fused-ring (bicyclic) bond motifs is 3. The highest BCUT2D eigenvalue weighted by Crippen LogP contribution is 2.48. The number of carbonyl (C=O) groups excluding carboxylic acids is 3. The van der Waals surface area contributed by atoms with Crippen molar-refractivity contribution in [2.24, 2.45) is 17.8 Å². The van der Waals surface area contributed by atoms with E-state index >= 15 is 4.79 Å². The molecule has 63 heavy (non-hydrogen) atoms. The number of anilines is 1. The normalized spacial score (nSPS) is 28.1. The fraction of sp³-hybridized carbons (Fsp3) is 0.659. The van der Waals surface area contributed by atoms with Gasteiger partial charge in [0.2, 0.25) is 27.7 Å². The van der Waals surface area contributed by atoms with E-state index in [4.69, 9.17) is 9.47 Å². The molecule has 2 aliphatic heterocycles. The van der Waals surface area contributed by atoms with E-state index in [2.05, 4.69) is 19.9 Å². The van der Waals surface area contributed by atoms with Gasteiger partial charge in [0.25, 0.3) is 5.91 Å². The Morgan fingerprint density at radius 2 is 1.78 bits per heavy atom. The molecule has 1 aromatic heterocycles. The van der Waals surface area contributed by atoms with Crippen molar-refractivity contribution < 1.29 is 55.3 Å². The molecule has 6 rings (SSSR count). The minimum atomic E-state index is -5.10. The minimum Gasteiger partial charge on any atom is -0.497 e. The third-order valence-corrected chi connectivity index (χ3v) is 15.9. The molecule has 3 heterocycles. The van der Waals surface area contributed by atoms with Crippen molar-refractivity contribution in [3.8, 4) is 11.6 Å². The maximum atomic E-state index is 15.3. The van der Waals surface area contributed by atoms with Crippen LogP contribution in [0, 0.1) is 17.8 Å². The summed E-state index contributed by atoms with van der Waals surface area (Å²) in [5.74, 6) is -3.82. The fourth-order valence-electron chi connectivity index (χ4n) is 9.15. The number of benzene rings is 1. The van der Waals surface area contributed by atoms with Gasteiger partial charge in [0.05, 0.1) is 30.3 Å².